The van der Waals surface area contributed by atoms with E-state index in [2.05, 4.69) is 64.3 Å². The molecule has 0 aliphatic heterocycles. The zero-order valence-corrected chi connectivity index (χ0v) is 12.3. The van der Waals surface area contributed by atoms with E-state index in [0.717, 1.165) is 27.5 Å². The van der Waals surface area contributed by atoms with Gasteiger partial charge in [0, 0.05) is 28.0 Å². The SMILES string of the molecule is C[Si](C)(C)C#Cc1ccc2[nH]c3ncncc3c2c1. The van der Waals surface area contributed by atoms with Crippen LogP contribution >= 0.6 is 0 Å². The number of aromatic amines is 1. The molecule has 0 saturated heterocycles. The lowest BCUT2D eigenvalue weighted by Crippen LogP contribution is -2.16. The maximum Gasteiger partial charge on any atom is 0.141 e. The molecule has 19 heavy (non-hydrogen) atoms. The van der Waals surface area contributed by atoms with Crippen LogP contribution in [0.15, 0.2) is 30.7 Å². The molecule has 0 aliphatic carbocycles. The quantitative estimate of drug-likeness (QED) is 0.500. The summed E-state index contributed by atoms with van der Waals surface area (Å²) in [6.07, 6.45) is 3.40. The van der Waals surface area contributed by atoms with Crippen LogP contribution in [0.2, 0.25) is 19.6 Å². The molecule has 0 fully saturated rings. The average molecular weight is 265 g/mol. The molecular weight excluding hydrogens is 250 g/mol. The van der Waals surface area contributed by atoms with E-state index in [1.54, 1.807) is 6.33 Å². The van der Waals surface area contributed by atoms with Gasteiger partial charge in [0.05, 0.1) is 0 Å². The summed E-state index contributed by atoms with van der Waals surface area (Å²) in [7, 11) is -1.34. The Labute approximate surface area is 113 Å². The Bertz CT molecular complexity index is 816. The second-order valence-electron chi connectivity index (χ2n) is 5.67. The molecule has 94 valence electrons. The molecule has 0 atom stereocenters. The van der Waals surface area contributed by atoms with Crippen molar-refractivity contribution in [3.63, 3.8) is 0 Å². The van der Waals surface area contributed by atoms with Crippen LogP contribution in [0, 0.1) is 11.5 Å². The summed E-state index contributed by atoms with van der Waals surface area (Å²) in [5.41, 5.74) is 6.40. The molecule has 0 unspecified atom stereocenters. The van der Waals surface area contributed by atoms with E-state index in [1.165, 1.54) is 0 Å². The summed E-state index contributed by atoms with van der Waals surface area (Å²) in [6, 6.07) is 6.23. The van der Waals surface area contributed by atoms with Gasteiger partial charge in [-0.1, -0.05) is 25.6 Å². The van der Waals surface area contributed by atoms with E-state index in [4.69, 9.17) is 0 Å². The summed E-state index contributed by atoms with van der Waals surface area (Å²) >= 11 is 0. The molecule has 2 heterocycles. The molecule has 2 aromatic heterocycles. The minimum Gasteiger partial charge on any atom is -0.339 e. The third kappa shape index (κ3) is 2.38. The fourth-order valence-corrected chi connectivity index (χ4v) is 2.49. The number of nitrogens with one attached hydrogen (secondary N) is 1. The molecule has 0 saturated carbocycles. The third-order valence-electron chi connectivity index (χ3n) is 2.86. The highest BCUT2D eigenvalue weighted by Crippen LogP contribution is 2.23. The number of nitrogens with zero attached hydrogens (tertiary/aromatic N) is 2. The van der Waals surface area contributed by atoms with Gasteiger partial charge in [-0.3, -0.25) is 0 Å². The van der Waals surface area contributed by atoms with Crippen LogP contribution < -0.4 is 0 Å². The standard InChI is InChI=1S/C15H15N3Si/c1-19(2,3)7-6-11-4-5-14-12(8-11)13-9-16-10-17-15(13)18-14/h4-5,8-10H,1-3H3,(H,16,17,18). The molecule has 1 aromatic carbocycles. The summed E-state index contributed by atoms with van der Waals surface area (Å²) in [4.78, 5) is 11.6. The molecule has 0 spiro atoms. The number of benzene rings is 1. The normalized spacial score (nSPS) is 11.5. The van der Waals surface area contributed by atoms with E-state index < -0.39 is 8.07 Å². The molecule has 3 nitrogen and oxygen atoms in total. The van der Waals surface area contributed by atoms with Gasteiger partial charge in [0.1, 0.15) is 20.0 Å². The molecule has 0 bridgehead atoms. The van der Waals surface area contributed by atoms with Crippen LogP contribution in [0.4, 0.5) is 0 Å². The number of hydrogen-bond donors (Lipinski definition) is 1. The fourth-order valence-electron chi connectivity index (χ4n) is 1.97. The van der Waals surface area contributed by atoms with E-state index in [0.29, 0.717) is 0 Å². The van der Waals surface area contributed by atoms with Crippen LogP contribution in [-0.4, -0.2) is 23.0 Å². The first kappa shape index (κ1) is 11.9. The zero-order chi connectivity index (χ0) is 13.5. The van der Waals surface area contributed by atoms with Crippen LogP contribution in [0.3, 0.4) is 0 Å². The lowest BCUT2D eigenvalue weighted by atomic mass is 10.1. The second-order valence-corrected chi connectivity index (χ2v) is 10.4. The predicted octanol–water partition coefficient (Wildman–Crippen LogP) is 3.34. The molecule has 0 amide bonds. The Morgan fingerprint density at radius 1 is 1.16 bits per heavy atom. The van der Waals surface area contributed by atoms with Crippen molar-refractivity contribution in [1.82, 2.24) is 15.0 Å². The van der Waals surface area contributed by atoms with Crippen molar-refractivity contribution in [2.75, 3.05) is 0 Å². The minimum atomic E-state index is -1.34. The smallest absolute Gasteiger partial charge is 0.141 e. The number of hydrogen-bond acceptors (Lipinski definition) is 2. The highest BCUT2D eigenvalue weighted by atomic mass is 28.3. The van der Waals surface area contributed by atoms with Crippen molar-refractivity contribution in [3.8, 4) is 11.5 Å². The lowest BCUT2D eigenvalue weighted by Gasteiger charge is -2.03. The van der Waals surface area contributed by atoms with Crippen LogP contribution in [-0.2, 0) is 0 Å². The summed E-state index contributed by atoms with van der Waals surface area (Å²) in [6.45, 7) is 6.74. The van der Waals surface area contributed by atoms with Gasteiger partial charge < -0.3 is 4.98 Å². The van der Waals surface area contributed by atoms with Gasteiger partial charge >= 0.3 is 0 Å². The van der Waals surface area contributed by atoms with E-state index >= 15 is 0 Å². The first-order valence-corrected chi connectivity index (χ1v) is 9.77. The Balaban J connectivity index is 2.19. The Hall–Kier alpha value is -2.12. The second kappa shape index (κ2) is 4.21. The van der Waals surface area contributed by atoms with Crippen molar-refractivity contribution in [2.45, 2.75) is 19.6 Å². The summed E-state index contributed by atoms with van der Waals surface area (Å²) in [5.74, 6) is 3.29. The van der Waals surface area contributed by atoms with Gasteiger partial charge in [-0.25, -0.2) is 9.97 Å². The molecule has 1 N–H and O–H groups in total. The molecule has 3 rings (SSSR count). The third-order valence-corrected chi connectivity index (χ3v) is 3.73. The van der Waals surface area contributed by atoms with Crippen molar-refractivity contribution >= 4 is 30.0 Å². The van der Waals surface area contributed by atoms with Gasteiger partial charge in [-0.15, -0.1) is 5.54 Å². The molecule has 0 aliphatic rings. The minimum absolute atomic E-state index is 0.875. The first-order chi connectivity index (χ1) is 9.03. The Morgan fingerprint density at radius 3 is 2.79 bits per heavy atom. The van der Waals surface area contributed by atoms with Gasteiger partial charge in [0.2, 0.25) is 0 Å². The maximum atomic E-state index is 4.24. The average Bonchev–Trinajstić information content (AvgIpc) is 2.73. The molecule has 0 radical (unpaired) electrons. The lowest BCUT2D eigenvalue weighted by molar-refractivity contribution is 1.21. The topological polar surface area (TPSA) is 41.6 Å². The van der Waals surface area contributed by atoms with Crippen LogP contribution in [0.25, 0.3) is 21.9 Å². The van der Waals surface area contributed by atoms with E-state index in [-0.39, 0.29) is 0 Å². The Kier molecular flexibility index (Phi) is 2.65. The zero-order valence-electron chi connectivity index (χ0n) is 11.3. The summed E-state index contributed by atoms with van der Waals surface area (Å²) < 4.78 is 0. The molecular formula is C15H15N3Si. The number of aromatic nitrogens is 3. The van der Waals surface area contributed by atoms with Crippen LogP contribution in [0.1, 0.15) is 5.56 Å². The fraction of sp³-hybridized carbons (Fsp3) is 0.200. The van der Waals surface area contributed by atoms with Gasteiger partial charge in [-0.2, -0.15) is 0 Å². The highest BCUT2D eigenvalue weighted by molar-refractivity contribution is 6.83. The van der Waals surface area contributed by atoms with Gasteiger partial charge in [0.25, 0.3) is 0 Å². The van der Waals surface area contributed by atoms with Crippen molar-refractivity contribution in [1.29, 1.82) is 0 Å². The monoisotopic (exact) mass is 265 g/mol. The largest absolute Gasteiger partial charge is 0.339 e. The molecule has 4 heteroatoms. The van der Waals surface area contributed by atoms with Gasteiger partial charge in [0.15, 0.2) is 0 Å². The van der Waals surface area contributed by atoms with Crippen molar-refractivity contribution in [2.24, 2.45) is 0 Å². The van der Waals surface area contributed by atoms with Crippen molar-refractivity contribution < 1.29 is 0 Å². The predicted molar refractivity (Wildman–Crippen MR) is 81.6 cm³/mol. The number of fused-ring (bicyclic) bond motifs is 3. The Morgan fingerprint density at radius 2 is 2.00 bits per heavy atom. The number of rotatable bonds is 0. The van der Waals surface area contributed by atoms with Crippen LogP contribution in [0.5, 0.6) is 0 Å². The number of H-pyrrole nitrogens is 1. The van der Waals surface area contributed by atoms with E-state index in [1.807, 2.05) is 6.20 Å². The highest BCUT2D eigenvalue weighted by Gasteiger charge is 2.08. The van der Waals surface area contributed by atoms with Crippen molar-refractivity contribution in [3.05, 3.63) is 36.3 Å². The first-order valence-electron chi connectivity index (χ1n) is 6.27. The summed E-state index contributed by atoms with van der Waals surface area (Å²) in [5, 5.41) is 2.19. The van der Waals surface area contributed by atoms with E-state index in [9.17, 15) is 0 Å². The van der Waals surface area contributed by atoms with Gasteiger partial charge in [-0.05, 0) is 18.2 Å². The maximum absolute atomic E-state index is 4.24. The molecule has 3 aromatic rings.